The van der Waals surface area contributed by atoms with Crippen molar-refractivity contribution in [3.8, 4) is 5.75 Å². The molecular formula is C51H73N11O11S2. The average Bonchev–Trinajstić information content (AvgIpc) is 3.86. The van der Waals surface area contributed by atoms with Crippen LogP contribution in [0.2, 0.25) is 0 Å². The number of likely N-dealkylation sites (tertiary alicyclic amines) is 1. The van der Waals surface area contributed by atoms with Gasteiger partial charge in [0, 0.05) is 42.9 Å². The molecule has 7 atom stereocenters. The Balaban J connectivity index is 1.52. The first-order valence-corrected chi connectivity index (χ1v) is 27.8. The first-order chi connectivity index (χ1) is 35.8. The number of carbonyl (C=O) groups is 9. The van der Waals surface area contributed by atoms with Gasteiger partial charge in [0.15, 0.2) is 5.96 Å². The van der Waals surface area contributed by atoms with Gasteiger partial charge in [-0.15, -0.1) is 0 Å². The second-order valence-corrected chi connectivity index (χ2v) is 22.3. The fraction of sp³-hybridized carbons (Fsp3) is 0.569. The van der Waals surface area contributed by atoms with Gasteiger partial charge in [0.2, 0.25) is 47.3 Å². The molecule has 1 spiro atoms. The zero-order chi connectivity index (χ0) is 54.7. The molecule has 1 saturated carbocycles. The first kappa shape index (κ1) is 59.3. The first-order valence-electron chi connectivity index (χ1n) is 25.5. The lowest BCUT2D eigenvalue weighted by Gasteiger charge is -2.37. The lowest BCUT2D eigenvalue weighted by molar-refractivity contribution is -0.145. The second-order valence-electron chi connectivity index (χ2n) is 19.5. The Bertz CT molecular complexity index is 2350. The van der Waals surface area contributed by atoms with E-state index in [-0.39, 0.29) is 63.3 Å². The van der Waals surface area contributed by atoms with Gasteiger partial charge < -0.3 is 63.8 Å². The fourth-order valence-corrected chi connectivity index (χ4v) is 12.7. The van der Waals surface area contributed by atoms with Crippen molar-refractivity contribution >= 4 is 80.8 Å². The molecule has 0 unspecified atom stereocenters. The predicted molar refractivity (Wildman–Crippen MR) is 284 cm³/mol. The maximum Gasteiger partial charge on any atom is 0.326 e. The third-order valence-electron chi connectivity index (χ3n) is 13.3. The Hall–Kier alpha value is -6.56. The standard InChI is InChI=1S/C51H73N11O11S2/c1-4-73-33-19-17-32(18-20-33)26-35-43(65)58-36(25-31-13-7-5-8-14-31)45(67)61-42(30(2)3)47(69)59-37(27-40(52)63)44(66)60-38(29-74-75-51(28-41(64)56-35)21-9-6-10-22-51)48(70)62-24-12-16-39(62)46(68)57-34(49(71)72)15-11-23-55-50(53)54/h5,7-8,13-14,17-20,30,34-39,42H,4,6,9-12,15-16,21-29H2,1-3H3,(H2,52,63)(H,56,64)(H,57,68)(H,58,65)(H,59,69)(H,60,66)(H,61,67)(H,71,72)(H4,53,54,55)/t34-,35-,36-,37-,38-,39-,42-/m0/s1. The summed E-state index contributed by atoms with van der Waals surface area (Å²) >= 11 is 0. The Morgan fingerprint density at radius 1 is 0.813 bits per heavy atom. The molecule has 0 aromatic heterocycles. The van der Waals surface area contributed by atoms with Crippen LogP contribution in [0.5, 0.6) is 5.75 Å². The number of hydrogen-bond donors (Lipinski definition) is 10. The van der Waals surface area contributed by atoms with Gasteiger partial charge in [0.05, 0.1) is 13.0 Å². The number of carboxylic acid groups (broad SMARTS) is 1. The monoisotopic (exact) mass is 1080 g/mol. The molecule has 2 saturated heterocycles. The normalized spacial score (nSPS) is 23.6. The fourth-order valence-electron chi connectivity index (χ4n) is 9.36. The van der Waals surface area contributed by atoms with Gasteiger partial charge in [0.1, 0.15) is 48.0 Å². The summed E-state index contributed by atoms with van der Waals surface area (Å²) in [6, 6.07) is 6.80. The number of amides is 8. The number of aliphatic carboxylic acids is 1. The van der Waals surface area contributed by atoms with E-state index in [9.17, 15) is 48.3 Å². The number of ether oxygens (including phenoxy) is 1. The summed E-state index contributed by atoms with van der Waals surface area (Å²) in [6.07, 6.45) is 3.80. The smallest absolute Gasteiger partial charge is 0.326 e. The Kier molecular flexibility index (Phi) is 22.9. The highest BCUT2D eigenvalue weighted by atomic mass is 33.1. The molecule has 410 valence electrons. The molecule has 0 bridgehead atoms. The Labute approximate surface area is 445 Å². The van der Waals surface area contributed by atoms with E-state index in [1.54, 1.807) is 68.4 Å². The van der Waals surface area contributed by atoms with Crippen molar-refractivity contribution in [2.75, 3.05) is 25.4 Å². The number of nitrogens with two attached hydrogens (primary N) is 3. The van der Waals surface area contributed by atoms with E-state index in [2.05, 4.69) is 36.9 Å². The minimum absolute atomic E-state index is 0.00592. The van der Waals surface area contributed by atoms with Gasteiger partial charge in [-0.3, -0.25) is 43.3 Å². The number of benzene rings is 2. The van der Waals surface area contributed by atoms with Crippen molar-refractivity contribution in [2.45, 2.75) is 151 Å². The molecule has 0 radical (unpaired) electrons. The lowest BCUT2D eigenvalue weighted by Crippen LogP contribution is -2.61. The minimum atomic E-state index is -1.64. The summed E-state index contributed by atoms with van der Waals surface area (Å²) in [5.74, 6) is -7.59. The lowest BCUT2D eigenvalue weighted by atomic mass is 9.85. The van der Waals surface area contributed by atoms with Crippen LogP contribution in [0.25, 0.3) is 0 Å². The predicted octanol–water partition coefficient (Wildman–Crippen LogP) is 0.928. The molecule has 2 aromatic carbocycles. The van der Waals surface area contributed by atoms with E-state index < -0.39 is 113 Å². The third-order valence-corrected chi connectivity index (χ3v) is 16.6. The average molecular weight is 1080 g/mol. The quantitative estimate of drug-likeness (QED) is 0.0456. The largest absolute Gasteiger partial charge is 0.494 e. The van der Waals surface area contributed by atoms with E-state index >= 15 is 0 Å². The van der Waals surface area contributed by atoms with E-state index in [0.717, 1.165) is 19.3 Å². The van der Waals surface area contributed by atoms with Crippen molar-refractivity contribution in [3.05, 3.63) is 65.7 Å². The van der Waals surface area contributed by atoms with Crippen LogP contribution in [0.3, 0.4) is 0 Å². The summed E-state index contributed by atoms with van der Waals surface area (Å²) in [4.78, 5) is 131. The molecule has 2 aromatic rings. The molecule has 3 aliphatic rings. The molecule has 1 aliphatic carbocycles. The van der Waals surface area contributed by atoms with Crippen molar-refractivity contribution in [1.29, 1.82) is 0 Å². The third kappa shape index (κ3) is 18.4. The maximum absolute atomic E-state index is 14.8. The number of carbonyl (C=O) groups excluding carboxylic acids is 8. The Morgan fingerprint density at radius 2 is 1.44 bits per heavy atom. The number of rotatable bonds is 17. The SMILES string of the molecule is CCOc1ccc(C[C@@H]2NC(=O)CC3(CCCCC3)SSC[C@@H](C(=O)N3CCC[C@H]3C(=O)N[C@@H](CCCN=C(N)N)C(=O)O)NC(=O)[C@H](CC(N)=O)NC(=O)[C@H](C(C)C)NC(=O)[C@H](Cc3ccccc3)NC2=O)cc1. The van der Waals surface area contributed by atoms with Gasteiger partial charge in [-0.05, 0) is 74.6 Å². The Morgan fingerprint density at radius 3 is 2.07 bits per heavy atom. The van der Waals surface area contributed by atoms with Gasteiger partial charge in [-0.25, -0.2) is 4.79 Å². The molecule has 5 rings (SSSR count). The van der Waals surface area contributed by atoms with Crippen molar-refractivity contribution in [3.63, 3.8) is 0 Å². The molecule has 3 fully saturated rings. The molecular weight excluding hydrogens is 1010 g/mol. The summed E-state index contributed by atoms with van der Waals surface area (Å²) in [6.45, 7) is 5.81. The number of nitrogens with zero attached hydrogens (tertiary/aromatic N) is 2. The van der Waals surface area contributed by atoms with E-state index in [4.69, 9.17) is 21.9 Å². The van der Waals surface area contributed by atoms with Crippen LogP contribution in [-0.2, 0) is 56.0 Å². The van der Waals surface area contributed by atoms with Crippen LogP contribution < -0.4 is 53.8 Å². The number of guanidine groups is 1. The van der Waals surface area contributed by atoms with Crippen molar-refractivity contribution in [2.24, 2.45) is 28.1 Å². The molecule has 2 heterocycles. The molecule has 22 nitrogen and oxygen atoms in total. The van der Waals surface area contributed by atoms with Crippen LogP contribution in [0.4, 0.5) is 0 Å². The van der Waals surface area contributed by atoms with Crippen LogP contribution >= 0.6 is 21.6 Å². The van der Waals surface area contributed by atoms with E-state index in [1.807, 2.05) is 6.92 Å². The molecule has 2 aliphatic heterocycles. The summed E-state index contributed by atoms with van der Waals surface area (Å²) < 4.78 is 4.93. The highest BCUT2D eigenvalue weighted by molar-refractivity contribution is 8.77. The zero-order valence-corrected chi connectivity index (χ0v) is 44.4. The number of carboxylic acids is 1. The van der Waals surface area contributed by atoms with Gasteiger partial charge in [-0.1, -0.05) is 97.2 Å². The summed E-state index contributed by atoms with van der Waals surface area (Å²) in [5, 5.41) is 26.4. The number of nitrogens with one attached hydrogen (secondary N) is 6. The summed E-state index contributed by atoms with van der Waals surface area (Å²) in [7, 11) is 2.60. The molecule has 8 amide bonds. The van der Waals surface area contributed by atoms with Crippen LogP contribution in [-0.4, -0.2) is 142 Å². The molecule has 13 N–H and O–H groups in total. The van der Waals surface area contributed by atoms with Crippen LogP contribution in [0, 0.1) is 5.92 Å². The van der Waals surface area contributed by atoms with Gasteiger partial charge >= 0.3 is 5.97 Å². The number of hydrogen-bond acceptors (Lipinski definition) is 13. The zero-order valence-electron chi connectivity index (χ0n) is 42.8. The maximum atomic E-state index is 14.8. The summed E-state index contributed by atoms with van der Waals surface area (Å²) in [5.41, 5.74) is 17.8. The molecule has 75 heavy (non-hydrogen) atoms. The van der Waals surface area contributed by atoms with Crippen LogP contribution in [0.15, 0.2) is 59.6 Å². The van der Waals surface area contributed by atoms with Gasteiger partial charge in [-0.2, -0.15) is 0 Å². The van der Waals surface area contributed by atoms with E-state index in [1.165, 1.54) is 26.5 Å². The number of primary amides is 1. The van der Waals surface area contributed by atoms with E-state index in [0.29, 0.717) is 42.7 Å². The van der Waals surface area contributed by atoms with Gasteiger partial charge in [0.25, 0.3) is 0 Å². The molecule has 24 heteroatoms. The topological polar surface area (TPSA) is 349 Å². The highest BCUT2D eigenvalue weighted by Crippen LogP contribution is 2.48. The van der Waals surface area contributed by atoms with Crippen molar-refractivity contribution < 1.29 is 53.0 Å². The van der Waals surface area contributed by atoms with Crippen LogP contribution in [0.1, 0.15) is 103 Å². The minimum Gasteiger partial charge on any atom is -0.494 e. The number of aliphatic imine (C=N–C) groups is 1. The van der Waals surface area contributed by atoms with Crippen molar-refractivity contribution in [1.82, 2.24) is 36.8 Å². The highest BCUT2D eigenvalue weighted by Gasteiger charge is 2.42. The second kappa shape index (κ2) is 28.9.